The van der Waals surface area contributed by atoms with E-state index >= 15 is 0 Å². The Labute approximate surface area is 103 Å². The molecular formula is C9H14N4O3S. The summed E-state index contributed by atoms with van der Waals surface area (Å²) in [6.07, 6.45) is 2.54. The third-order valence-electron chi connectivity index (χ3n) is 2.32. The molecule has 1 fully saturated rings. The number of carboxylic acid groups (broad SMARTS) is 1. The zero-order valence-electron chi connectivity index (χ0n) is 9.28. The number of rotatable bonds is 8. The maximum absolute atomic E-state index is 10.4. The standard InChI is InChI=1S/C9H14N4O3S/c14-8(15)6-17-9-10-11-12-13(9)3-4-16-5-7-1-2-7/h7H,1-6H2,(H,14,15). The minimum absolute atomic E-state index is 0.0384. The predicted octanol–water partition coefficient (Wildman–Crippen LogP) is 0.276. The molecule has 8 heteroatoms. The van der Waals surface area contributed by atoms with Crippen LogP contribution in [0.1, 0.15) is 12.8 Å². The highest BCUT2D eigenvalue weighted by Gasteiger charge is 2.21. The van der Waals surface area contributed by atoms with Crippen LogP contribution < -0.4 is 0 Å². The van der Waals surface area contributed by atoms with Crippen LogP contribution >= 0.6 is 11.8 Å². The first-order chi connectivity index (χ1) is 8.25. The zero-order chi connectivity index (χ0) is 12.1. The van der Waals surface area contributed by atoms with Crippen LogP contribution in [0.2, 0.25) is 0 Å². The van der Waals surface area contributed by atoms with Crippen LogP contribution in [-0.2, 0) is 16.1 Å². The van der Waals surface area contributed by atoms with Crippen molar-refractivity contribution in [1.29, 1.82) is 0 Å². The lowest BCUT2D eigenvalue weighted by Crippen LogP contribution is -2.10. The molecule has 0 amide bonds. The quantitative estimate of drug-likeness (QED) is 0.529. The van der Waals surface area contributed by atoms with Crippen LogP contribution in [0.15, 0.2) is 5.16 Å². The molecule has 1 heterocycles. The molecule has 0 unspecified atom stereocenters. The van der Waals surface area contributed by atoms with Gasteiger partial charge in [-0.05, 0) is 29.2 Å². The summed E-state index contributed by atoms with van der Waals surface area (Å²) >= 11 is 1.11. The predicted molar refractivity (Wildman–Crippen MR) is 59.7 cm³/mol. The van der Waals surface area contributed by atoms with Crippen molar-refractivity contribution in [2.24, 2.45) is 5.92 Å². The largest absolute Gasteiger partial charge is 0.481 e. The molecule has 1 aliphatic rings. The lowest BCUT2D eigenvalue weighted by Gasteiger charge is -2.04. The second-order valence-corrected chi connectivity index (χ2v) is 4.83. The van der Waals surface area contributed by atoms with Gasteiger partial charge in [0.2, 0.25) is 5.16 Å². The van der Waals surface area contributed by atoms with Crippen LogP contribution in [0.5, 0.6) is 0 Å². The number of ether oxygens (including phenoxy) is 1. The maximum Gasteiger partial charge on any atom is 0.313 e. The Morgan fingerprint density at radius 3 is 3.12 bits per heavy atom. The molecule has 0 bridgehead atoms. The zero-order valence-corrected chi connectivity index (χ0v) is 10.1. The lowest BCUT2D eigenvalue weighted by atomic mass is 10.5. The van der Waals surface area contributed by atoms with Crippen molar-refractivity contribution >= 4 is 17.7 Å². The molecule has 1 aromatic rings. The van der Waals surface area contributed by atoms with E-state index in [0.29, 0.717) is 18.3 Å². The van der Waals surface area contributed by atoms with Crippen LogP contribution in [0, 0.1) is 5.92 Å². The number of tetrazole rings is 1. The minimum atomic E-state index is -0.880. The van der Waals surface area contributed by atoms with E-state index in [2.05, 4.69) is 15.5 Å². The van der Waals surface area contributed by atoms with E-state index in [0.717, 1.165) is 24.3 Å². The Morgan fingerprint density at radius 1 is 1.59 bits per heavy atom. The van der Waals surface area contributed by atoms with E-state index in [1.165, 1.54) is 12.8 Å². The van der Waals surface area contributed by atoms with E-state index in [4.69, 9.17) is 9.84 Å². The Balaban J connectivity index is 1.70. The van der Waals surface area contributed by atoms with Gasteiger partial charge in [0.15, 0.2) is 0 Å². The summed E-state index contributed by atoms with van der Waals surface area (Å²) in [6, 6.07) is 0. The molecule has 1 aliphatic carbocycles. The third kappa shape index (κ3) is 4.31. The SMILES string of the molecule is O=C(O)CSc1nnnn1CCOCC1CC1. The number of nitrogens with zero attached hydrogens (tertiary/aromatic N) is 4. The fraction of sp³-hybridized carbons (Fsp3) is 0.778. The number of thioether (sulfide) groups is 1. The highest BCUT2D eigenvalue weighted by molar-refractivity contribution is 7.99. The van der Waals surface area contributed by atoms with Gasteiger partial charge in [0, 0.05) is 6.61 Å². The fourth-order valence-electron chi connectivity index (χ4n) is 1.25. The summed E-state index contributed by atoms with van der Waals surface area (Å²) in [4.78, 5) is 10.4. The molecule has 0 radical (unpaired) electrons. The first kappa shape index (κ1) is 12.3. The molecule has 1 aromatic heterocycles. The van der Waals surface area contributed by atoms with Crippen molar-refractivity contribution in [2.45, 2.75) is 24.5 Å². The number of hydrogen-bond donors (Lipinski definition) is 1. The molecule has 17 heavy (non-hydrogen) atoms. The maximum atomic E-state index is 10.4. The first-order valence-electron chi connectivity index (χ1n) is 5.44. The van der Waals surface area contributed by atoms with Crippen LogP contribution in [0.25, 0.3) is 0 Å². The smallest absolute Gasteiger partial charge is 0.313 e. The molecular weight excluding hydrogens is 244 g/mol. The Hall–Kier alpha value is -1.15. The molecule has 1 saturated carbocycles. The summed E-state index contributed by atoms with van der Waals surface area (Å²) in [5.41, 5.74) is 0. The van der Waals surface area contributed by atoms with Gasteiger partial charge in [0.1, 0.15) is 0 Å². The Bertz CT molecular complexity index is 380. The van der Waals surface area contributed by atoms with Gasteiger partial charge in [0.25, 0.3) is 0 Å². The average Bonchev–Trinajstić information content (AvgIpc) is 3.01. The number of aliphatic carboxylic acids is 1. The second-order valence-electron chi connectivity index (χ2n) is 3.89. The lowest BCUT2D eigenvalue weighted by molar-refractivity contribution is -0.133. The molecule has 0 atom stereocenters. The van der Waals surface area contributed by atoms with E-state index in [-0.39, 0.29) is 5.75 Å². The molecule has 1 N–H and O–H groups in total. The Kier molecular flexibility index (Phi) is 4.32. The minimum Gasteiger partial charge on any atom is -0.481 e. The average molecular weight is 258 g/mol. The van der Waals surface area contributed by atoms with Gasteiger partial charge in [0.05, 0.1) is 18.9 Å². The molecule has 7 nitrogen and oxygen atoms in total. The summed E-state index contributed by atoms with van der Waals surface area (Å²) in [5, 5.41) is 20.1. The van der Waals surface area contributed by atoms with Gasteiger partial charge in [-0.2, -0.15) is 0 Å². The van der Waals surface area contributed by atoms with E-state index in [1.807, 2.05) is 0 Å². The number of aromatic nitrogens is 4. The normalized spacial score (nSPS) is 15.1. The van der Waals surface area contributed by atoms with E-state index < -0.39 is 5.97 Å². The number of carbonyl (C=O) groups is 1. The van der Waals surface area contributed by atoms with Gasteiger partial charge in [-0.3, -0.25) is 4.79 Å². The molecule has 0 aliphatic heterocycles. The summed E-state index contributed by atoms with van der Waals surface area (Å²) < 4.78 is 7.04. The molecule has 0 spiro atoms. The first-order valence-corrected chi connectivity index (χ1v) is 6.43. The molecule has 94 valence electrons. The third-order valence-corrected chi connectivity index (χ3v) is 3.26. The summed E-state index contributed by atoms with van der Waals surface area (Å²) in [5.74, 6) is -0.178. The fourth-order valence-corrected chi connectivity index (χ4v) is 1.88. The van der Waals surface area contributed by atoms with Crippen LogP contribution in [0.3, 0.4) is 0 Å². The molecule has 0 saturated heterocycles. The van der Waals surface area contributed by atoms with E-state index in [1.54, 1.807) is 4.68 Å². The monoisotopic (exact) mass is 258 g/mol. The topological polar surface area (TPSA) is 90.1 Å². The Morgan fingerprint density at radius 2 is 2.41 bits per heavy atom. The van der Waals surface area contributed by atoms with Gasteiger partial charge in [-0.25, -0.2) is 4.68 Å². The molecule has 0 aromatic carbocycles. The van der Waals surface area contributed by atoms with Crippen molar-refractivity contribution in [3.63, 3.8) is 0 Å². The highest BCUT2D eigenvalue weighted by atomic mass is 32.2. The molecule has 2 rings (SSSR count). The summed E-state index contributed by atoms with van der Waals surface area (Å²) in [7, 11) is 0. The highest BCUT2D eigenvalue weighted by Crippen LogP contribution is 2.28. The van der Waals surface area contributed by atoms with Gasteiger partial charge >= 0.3 is 5.97 Å². The number of carboxylic acids is 1. The van der Waals surface area contributed by atoms with Crippen molar-refractivity contribution in [3.8, 4) is 0 Å². The number of hydrogen-bond acceptors (Lipinski definition) is 6. The van der Waals surface area contributed by atoms with E-state index in [9.17, 15) is 4.79 Å². The van der Waals surface area contributed by atoms with Crippen molar-refractivity contribution in [2.75, 3.05) is 19.0 Å². The van der Waals surface area contributed by atoms with Crippen molar-refractivity contribution < 1.29 is 14.6 Å². The van der Waals surface area contributed by atoms with Crippen molar-refractivity contribution in [3.05, 3.63) is 0 Å². The van der Waals surface area contributed by atoms with Crippen LogP contribution in [-0.4, -0.2) is 50.2 Å². The van der Waals surface area contributed by atoms with Gasteiger partial charge in [-0.15, -0.1) is 5.10 Å². The van der Waals surface area contributed by atoms with Gasteiger partial charge < -0.3 is 9.84 Å². The second kappa shape index (κ2) is 5.97. The van der Waals surface area contributed by atoms with Crippen LogP contribution in [0.4, 0.5) is 0 Å². The van der Waals surface area contributed by atoms with Gasteiger partial charge in [-0.1, -0.05) is 11.8 Å². The van der Waals surface area contributed by atoms with Crippen molar-refractivity contribution in [1.82, 2.24) is 20.2 Å². The summed E-state index contributed by atoms with van der Waals surface area (Å²) in [6.45, 7) is 1.92.